The van der Waals surface area contributed by atoms with Gasteiger partial charge in [0.15, 0.2) is 0 Å². The van der Waals surface area contributed by atoms with E-state index in [0.29, 0.717) is 12.3 Å². The number of hydrogen-bond acceptors (Lipinski definition) is 2. The van der Waals surface area contributed by atoms with Crippen LogP contribution in [0.3, 0.4) is 0 Å². The van der Waals surface area contributed by atoms with Crippen LogP contribution in [0.25, 0.3) is 0 Å². The first kappa shape index (κ1) is 13.8. The second-order valence-corrected chi connectivity index (χ2v) is 3.88. The van der Waals surface area contributed by atoms with Crippen molar-refractivity contribution >= 4 is 0 Å². The molecule has 0 saturated carbocycles. The molecule has 1 atom stereocenters. The van der Waals surface area contributed by atoms with E-state index in [4.69, 9.17) is 0 Å². The van der Waals surface area contributed by atoms with Crippen LogP contribution >= 0.6 is 0 Å². The normalized spacial score (nSPS) is 13.9. The number of alkyl halides is 2. The van der Waals surface area contributed by atoms with E-state index in [9.17, 15) is 13.9 Å². The lowest BCUT2D eigenvalue weighted by molar-refractivity contribution is 0.00376. The summed E-state index contributed by atoms with van der Waals surface area (Å²) in [6.45, 7) is 3.85. The molecule has 0 bridgehead atoms. The molecule has 0 amide bonds. The third-order valence-corrected chi connectivity index (χ3v) is 1.92. The lowest BCUT2D eigenvalue weighted by Crippen LogP contribution is -2.13. The quantitative estimate of drug-likeness (QED) is 0.623. The highest BCUT2D eigenvalue weighted by atomic mass is 19.3. The van der Waals surface area contributed by atoms with Gasteiger partial charge in [-0.2, -0.15) is 0 Å². The van der Waals surface area contributed by atoms with Crippen molar-refractivity contribution in [2.45, 2.75) is 45.6 Å². The molecule has 0 saturated heterocycles. The summed E-state index contributed by atoms with van der Waals surface area (Å²) in [5.74, 6) is 0.562. The largest absolute Gasteiger partial charge is 0.393 e. The van der Waals surface area contributed by atoms with Crippen molar-refractivity contribution < 1.29 is 18.6 Å². The Hall–Kier alpha value is -0.220. The fourth-order valence-electron chi connectivity index (χ4n) is 1.06. The van der Waals surface area contributed by atoms with Crippen LogP contribution in [-0.4, -0.2) is 30.8 Å². The highest BCUT2D eigenvalue weighted by Gasteiger charge is 2.07. The Morgan fingerprint density at radius 3 is 2.29 bits per heavy atom. The monoisotopic (exact) mass is 210 g/mol. The van der Waals surface area contributed by atoms with Gasteiger partial charge in [-0.05, 0) is 25.2 Å². The molecule has 86 valence electrons. The Balaban J connectivity index is 3.22. The van der Waals surface area contributed by atoms with Gasteiger partial charge in [0.2, 0.25) is 0 Å². The maximum atomic E-state index is 11.6. The van der Waals surface area contributed by atoms with E-state index in [-0.39, 0.29) is 6.61 Å². The summed E-state index contributed by atoms with van der Waals surface area (Å²) in [7, 11) is 0. The first-order valence-corrected chi connectivity index (χ1v) is 5.06. The molecule has 0 heterocycles. The molecule has 0 aliphatic carbocycles. The molecule has 0 aliphatic rings. The molecule has 1 N–H and O–H groups in total. The molecule has 1 unspecified atom stereocenters. The molecule has 0 aromatic heterocycles. The maximum Gasteiger partial charge on any atom is 0.261 e. The molecule has 4 heteroatoms. The van der Waals surface area contributed by atoms with Crippen molar-refractivity contribution in [3.8, 4) is 0 Å². The van der Waals surface area contributed by atoms with Crippen molar-refractivity contribution in [2.24, 2.45) is 5.92 Å². The van der Waals surface area contributed by atoms with Gasteiger partial charge in [-0.15, -0.1) is 0 Å². The SMILES string of the molecule is CC(C)CCC(O)CCOCC(F)F. The van der Waals surface area contributed by atoms with Crippen molar-refractivity contribution in [2.75, 3.05) is 13.2 Å². The number of aliphatic hydroxyl groups excluding tert-OH is 1. The van der Waals surface area contributed by atoms with E-state index >= 15 is 0 Å². The minimum absolute atomic E-state index is 0.212. The minimum atomic E-state index is -2.41. The molecule has 0 fully saturated rings. The molecule has 0 aromatic rings. The Morgan fingerprint density at radius 2 is 1.79 bits per heavy atom. The molecular weight excluding hydrogens is 190 g/mol. The average molecular weight is 210 g/mol. The summed E-state index contributed by atoms with van der Waals surface area (Å²) in [6.07, 6.45) is -0.719. The Bertz CT molecular complexity index is 129. The third kappa shape index (κ3) is 9.86. The lowest BCUT2D eigenvalue weighted by atomic mass is 10.0. The Labute approximate surface area is 84.3 Å². The zero-order chi connectivity index (χ0) is 11.0. The zero-order valence-corrected chi connectivity index (χ0v) is 8.88. The van der Waals surface area contributed by atoms with Crippen LogP contribution in [0.2, 0.25) is 0 Å². The van der Waals surface area contributed by atoms with E-state index < -0.39 is 19.1 Å². The molecular formula is C10H20F2O2. The Morgan fingerprint density at radius 1 is 1.14 bits per heavy atom. The van der Waals surface area contributed by atoms with Gasteiger partial charge in [0.05, 0.1) is 6.10 Å². The summed E-state index contributed by atoms with van der Waals surface area (Å²) >= 11 is 0. The first-order valence-electron chi connectivity index (χ1n) is 5.06. The molecule has 0 aromatic carbocycles. The smallest absolute Gasteiger partial charge is 0.261 e. The number of hydrogen-bond donors (Lipinski definition) is 1. The lowest BCUT2D eigenvalue weighted by Gasteiger charge is -2.11. The van der Waals surface area contributed by atoms with E-state index in [1.807, 2.05) is 0 Å². The molecule has 0 rings (SSSR count). The van der Waals surface area contributed by atoms with E-state index in [1.165, 1.54) is 0 Å². The summed E-state index contributed by atoms with van der Waals surface area (Å²) in [4.78, 5) is 0. The van der Waals surface area contributed by atoms with Gasteiger partial charge in [-0.1, -0.05) is 13.8 Å². The number of rotatable bonds is 8. The standard InChI is InChI=1S/C10H20F2O2/c1-8(2)3-4-9(13)5-6-14-7-10(11)12/h8-10,13H,3-7H2,1-2H3. The van der Waals surface area contributed by atoms with Crippen LogP contribution < -0.4 is 0 Å². The maximum absolute atomic E-state index is 11.6. The molecule has 0 spiro atoms. The first-order chi connectivity index (χ1) is 6.52. The summed E-state index contributed by atoms with van der Waals surface area (Å²) in [5, 5.41) is 9.40. The Kier molecular flexibility index (Phi) is 7.99. The fourth-order valence-corrected chi connectivity index (χ4v) is 1.06. The van der Waals surface area contributed by atoms with Crippen LogP contribution in [0.15, 0.2) is 0 Å². The second kappa shape index (κ2) is 8.12. The van der Waals surface area contributed by atoms with Crippen molar-refractivity contribution in [3.05, 3.63) is 0 Å². The van der Waals surface area contributed by atoms with Gasteiger partial charge in [0.1, 0.15) is 6.61 Å². The summed E-state index contributed by atoms with van der Waals surface area (Å²) in [6, 6.07) is 0. The predicted molar refractivity (Wildman–Crippen MR) is 51.5 cm³/mol. The summed E-state index contributed by atoms with van der Waals surface area (Å²) < 4.78 is 27.9. The topological polar surface area (TPSA) is 29.5 Å². The minimum Gasteiger partial charge on any atom is -0.393 e. The van der Waals surface area contributed by atoms with Crippen LogP contribution in [0.4, 0.5) is 8.78 Å². The van der Waals surface area contributed by atoms with Gasteiger partial charge in [0.25, 0.3) is 6.43 Å². The molecule has 2 nitrogen and oxygen atoms in total. The van der Waals surface area contributed by atoms with Crippen LogP contribution in [0, 0.1) is 5.92 Å². The van der Waals surface area contributed by atoms with E-state index in [0.717, 1.165) is 12.8 Å². The average Bonchev–Trinajstić information content (AvgIpc) is 2.08. The van der Waals surface area contributed by atoms with E-state index in [2.05, 4.69) is 18.6 Å². The van der Waals surface area contributed by atoms with Gasteiger partial charge < -0.3 is 9.84 Å². The van der Waals surface area contributed by atoms with Crippen molar-refractivity contribution in [1.82, 2.24) is 0 Å². The van der Waals surface area contributed by atoms with Crippen LogP contribution in [-0.2, 0) is 4.74 Å². The molecule has 0 radical (unpaired) electrons. The van der Waals surface area contributed by atoms with Gasteiger partial charge >= 0.3 is 0 Å². The van der Waals surface area contributed by atoms with E-state index in [1.54, 1.807) is 0 Å². The van der Waals surface area contributed by atoms with Crippen LogP contribution in [0.5, 0.6) is 0 Å². The van der Waals surface area contributed by atoms with Gasteiger partial charge in [0, 0.05) is 6.61 Å². The highest BCUT2D eigenvalue weighted by molar-refractivity contribution is 4.57. The van der Waals surface area contributed by atoms with Gasteiger partial charge in [-0.25, -0.2) is 8.78 Å². The fraction of sp³-hybridized carbons (Fsp3) is 1.00. The van der Waals surface area contributed by atoms with Crippen molar-refractivity contribution in [3.63, 3.8) is 0 Å². The van der Waals surface area contributed by atoms with Crippen LogP contribution in [0.1, 0.15) is 33.1 Å². The predicted octanol–water partition coefficient (Wildman–Crippen LogP) is 2.46. The zero-order valence-electron chi connectivity index (χ0n) is 8.88. The second-order valence-electron chi connectivity index (χ2n) is 3.88. The summed E-state index contributed by atoms with van der Waals surface area (Å²) in [5.41, 5.74) is 0. The number of ether oxygens (including phenoxy) is 1. The third-order valence-electron chi connectivity index (χ3n) is 1.92. The number of aliphatic hydroxyl groups is 1. The van der Waals surface area contributed by atoms with Gasteiger partial charge in [-0.3, -0.25) is 0 Å². The molecule has 0 aliphatic heterocycles. The number of halogens is 2. The van der Waals surface area contributed by atoms with Crippen molar-refractivity contribution in [1.29, 1.82) is 0 Å². The highest BCUT2D eigenvalue weighted by Crippen LogP contribution is 2.09. The molecule has 14 heavy (non-hydrogen) atoms.